The maximum Gasteiger partial charge on any atom is 0.254 e. The number of rotatable bonds is 5. The molecule has 0 atom stereocenters. The van der Waals surface area contributed by atoms with Gasteiger partial charge in [-0.3, -0.25) is 4.79 Å². The van der Waals surface area contributed by atoms with Crippen LogP contribution in [0.5, 0.6) is 0 Å². The number of aromatic nitrogens is 3. The minimum atomic E-state index is 0.0242. The predicted molar refractivity (Wildman–Crippen MR) is 97.2 cm³/mol. The number of pyridine rings is 1. The van der Waals surface area contributed by atoms with Gasteiger partial charge in [0.15, 0.2) is 5.65 Å². The number of fused-ring (bicyclic) bond motifs is 1. The summed E-state index contributed by atoms with van der Waals surface area (Å²) in [5.74, 6) is 1.65. The molecule has 1 aliphatic carbocycles. The third-order valence-corrected chi connectivity index (χ3v) is 4.82. The second-order valence-electron chi connectivity index (χ2n) is 6.90. The molecule has 2 aromatic heterocycles. The molecule has 25 heavy (non-hydrogen) atoms. The monoisotopic (exact) mass is 334 g/mol. The van der Waals surface area contributed by atoms with Crippen LogP contribution in [-0.4, -0.2) is 32.4 Å². The van der Waals surface area contributed by atoms with E-state index in [2.05, 4.69) is 9.55 Å². The molecule has 3 aromatic rings. The fraction of sp³-hybridized carbons (Fsp3) is 0.350. The molecule has 0 spiro atoms. The number of benzene rings is 1. The Morgan fingerprint density at radius 1 is 1.24 bits per heavy atom. The predicted octanol–water partition coefficient (Wildman–Crippen LogP) is 3.42. The van der Waals surface area contributed by atoms with Gasteiger partial charge < -0.3 is 9.47 Å². The number of amides is 1. The first-order valence-corrected chi connectivity index (χ1v) is 8.74. The van der Waals surface area contributed by atoms with E-state index >= 15 is 0 Å². The Labute approximate surface area is 147 Å². The van der Waals surface area contributed by atoms with Crippen molar-refractivity contribution in [3.05, 3.63) is 59.5 Å². The fourth-order valence-corrected chi connectivity index (χ4v) is 3.18. The number of carbonyl (C=O) groups is 1. The van der Waals surface area contributed by atoms with Gasteiger partial charge in [-0.05, 0) is 49.4 Å². The van der Waals surface area contributed by atoms with Gasteiger partial charge in [0.25, 0.3) is 5.91 Å². The second-order valence-corrected chi connectivity index (χ2v) is 6.90. The van der Waals surface area contributed by atoms with Crippen LogP contribution in [-0.2, 0) is 13.1 Å². The smallest absolute Gasteiger partial charge is 0.254 e. The van der Waals surface area contributed by atoms with Crippen molar-refractivity contribution in [1.82, 2.24) is 19.4 Å². The first-order chi connectivity index (χ1) is 12.1. The summed E-state index contributed by atoms with van der Waals surface area (Å²) in [6.07, 6.45) is 4.34. The summed E-state index contributed by atoms with van der Waals surface area (Å²) < 4.78 is 2.19. The summed E-state index contributed by atoms with van der Waals surface area (Å²) >= 11 is 0. The van der Waals surface area contributed by atoms with E-state index in [9.17, 15) is 4.79 Å². The maximum absolute atomic E-state index is 12.8. The Morgan fingerprint density at radius 2 is 2.04 bits per heavy atom. The van der Waals surface area contributed by atoms with Crippen LogP contribution in [0.25, 0.3) is 11.2 Å². The number of hydrogen-bond donors (Lipinski definition) is 0. The molecule has 0 aliphatic heterocycles. The molecule has 4 rings (SSSR count). The highest BCUT2D eigenvalue weighted by Gasteiger charge is 2.25. The van der Waals surface area contributed by atoms with Gasteiger partial charge in [-0.2, -0.15) is 0 Å². The van der Waals surface area contributed by atoms with E-state index in [4.69, 9.17) is 4.98 Å². The standard InChI is InChI=1S/C20H22N4O/c1-14-6-3-4-7-16(14)20(25)23(2)13-18-22-17-8-5-11-21-19(17)24(18)12-15-9-10-15/h3-8,11,15H,9-10,12-13H2,1-2H3. The van der Waals surface area contributed by atoms with Crippen molar-refractivity contribution >= 4 is 17.1 Å². The molecule has 1 aliphatic rings. The van der Waals surface area contributed by atoms with Gasteiger partial charge in [0.2, 0.25) is 0 Å². The van der Waals surface area contributed by atoms with Crippen molar-refractivity contribution in [3.63, 3.8) is 0 Å². The first-order valence-electron chi connectivity index (χ1n) is 8.74. The molecule has 5 nitrogen and oxygen atoms in total. The lowest BCUT2D eigenvalue weighted by molar-refractivity contribution is 0.0779. The normalized spacial score (nSPS) is 14.0. The summed E-state index contributed by atoms with van der Waals surface area (Å²) in [4.78, 5) is 23.8. The van der Waals surface area contributed by atoms with Crippen LogP contribution in [0.4, 0.5) is 0 Å². The summed E-state index contributed by atoms with van der Waals surface area (Å²) in [6, 6.07) is 11.6. The molecule has 1 aromatic carbocycles. The topological polar surface area (TPSA) is 51.0 Å². The lowest BCUT2D eigenvalue weighted by Crippen LogP contribution is -2.28. The van der Waals surface area contributed by atoms with E-state index in [1.165, 1.54) is 12.8 Å². The van der Waals surface area contributed by atoms with Gasteiger partial charge in [0.05, 0.1) is 6.54 Å². The molecule has 1 saturated carbocycles. The maximum atomic E-state index is 12.8. The van der Waals surface area contributed by atoms with E-state index in [1.807, 2.05) is 50.4 Å². The van der Waals surface area contributed by atoms with Crippen molar-refractivity contribution in [2.24, 2.45) is 5.92 Å². The average Bonchev–Trinajstić information content (AvgIpc) is 3.37. The lowest BCUT2D eigenvalue weighted by atomic mass is 10.1. The van der Waals surface area contributed by atoms with Crippen LogP contribution in [0.3, 0.4) is 0 Å². The average molecular weight is 334 g/mol. The van der Waals surface area contributed by atoms with Crippen LogP contribution < -0.4 is 0 Å². The molecule has 1 fully saturated rings. The van der Waals surface area contributed by atoms with Crippen molar-refractivity contribution in [2.75, 3.05) is 7.05 Å². The Kier molecular flexibility index (Phi) is 3.99. The molecule has 0 saturated heterocycles. The molecule has 0 bridgehead atoms. The van der Waals surface area contributed by atoms with Gasteiger partial charge >= 0.3 is 0 Å². The molecule has 128 valence electrons. The van der Waals surface area contributed by atoms with Gasteiger partial charge in [0.1, 0.15) is 11.3 Å². The summed E-state index contributed by atoms with van der Waals surface area (Å²) in [6.45, 7) is 3.39. The van der Waals surface area contributed by atoms with Crippen LogP contribution in [0.2, 0.25) is 0 Å². The van der Waals surface area contributed by atoms with Crippen LogP contribution in [0.15, 0.2) is 42.6 Å². The van der Waals surface area contributed by atoms with E-state index in [-0.39, 0.29) is 5.91 Å². The van der Waals surface area contributed by atoms with E-state index in [0.717, 1.165) is 40.6 Å². The Balaban J connectivity index is 1.63. The second kappa shape index (κ2) is 6.31. The van der Waals surface area contributed by atoms with Crippen molar-refractivity contribution < 1.29 is 4.79 Å². The van der Waals surface area contributed by atoms with Crippen molar-refractivity contribution in [3.8, 4) is 0 Å². The highest BCUT2D eigenvalue weighted by atomic mass is 16.2. The molecule has 1 amide bonds. The zero-order chi connectivity index (χ0) is 17.4. The zero-order valence-corrected chi connectivity index (χ0v) is 14.6. The number of nitrogens with zero attached hydrogens (tertiary/aromatic N) is 4. The van der Waals surface area contributed by atoms with Crippen LogP contribution >= 0.6 is 0 Å². The van der Waals surface area contributed by atoms with E-state index in [1.54, 1.807) is 11.1 Å². The van der Waals surface area contributed by atoms with Gasteiger partial charge in [0, 0.05) is 25.4 Å². The van der Waals surface area contributed by atoms with Crippen molar-refractivity contribution in [2.45, 2.75) is 32.9 Å². The quantitative estimate of drug-likeness (QED) is 0.718. The largest absolute Gasteiger partial charge is 0.334 e. The molecular formula is C20H22N4O. The van der Waals surface area contributed by atoms with Crippen LogP contribution in [0.1, 0.15) is 34.6 Å². The van der Waals surface area contributed by atoms with Gasteiger partial charge in [-0.25, -0.2) is 9.97 Å². The van der Waals surface area contributed by atoms with Gasteiger partial charge in [-0.1, -0.05) is 18.2 Å². The Hall–Kier alpha value is -2.69. The van der Waals surface area contributed by atoms with Crippen molar-refractivity contribution in [1.29, 1.82) is 0 Å². The zero-order valence-electron chi connectivity index (χ0n) is 14.6. The van der Waals surface area contributed by atoms with Crippen LogP contribution in [0, 0.1) is 12.8 Å². The van der Waals surface area contributed by atoms with E-state index < -0.39 is 0 Å². The van der Waals surface area contributed by atoms with Gasteiger partial charge in [-0.15, -0.1) is 0 Å². The summed E-state index contributed by atoms with van der Waals surface area (Å²) in [5.41, 5.74) is 3.55. The molecule has 0 radical (unpaired) electrons. The third-order valence-electron chi connectivity index (χ3n) is 4.82. The number of imidazole rings is 1. The Bertz CT molecular complexity index is 926. The highest BCUT2D eigenvalue weighted by molar-refractivity contribution is 5.95. The van der Waals surface area contributed by atoms with E-state index in [0.29, 0.717) is 6.54 Å². The molecule has 2 heterocycles. The summed E-state index contributed by atoms with van der Waals surface area (Å²) in [7, 11) is 1.84. The fourth-order valence-electron chi connectivity index (χ4n) is 3.18. The SMILES string of the molecule is Cc1ccccc1C(=O)N(C)Cc1nc2cccnc2n1CC1CC1. The highest BCUT2D eigenvalue weighted by Crippen LogP contribution is 2.32. The molecule has 0 unspecified atom stereocenters. The molecular weight excluding hydrogens is 312 g/mol. The summed E-state index contributed by atoms with van der Waals surface area (Å²) in [5, 5.41) is 0. The molecule has 5 heteroatoms. The molecule has 0 N–H and O–H groups in total. The Morgan fingerprint density at radius 3 is 2.80 bits per heavy atom. The number of carbonyl (C=O) groups excluding carboxylic acids is 1. The first kappa shape index (κ1) is 15.8. The number of hydrogen-bond acceptors (Lipinski definition) is 3. The number of aryl methyl sites for hydroxylation is 1. The minimum absolute atomic E-state index is 0.0242. The third kappa shape index (κ3) is 3.14. The lowest BCUT2D eigenvalue weighted by Gasteiger charge is -2.19. The minimum Gasteiger partial charge on any atom is -0.334 e.